The van der Waals surface area contributed by atoms with E-state index in [2.05, 4.69) is 18.5 Å². The molecule has 0 amide bonds. The van der Waals surface area contributed by atoms with Gasteiger partial charge in [0.1, 0.15) is 0 Å². The van der Waals surface area contributed by atoms with Crippen molar-refractivity contribution in [1.29, 1.82) is 0 Å². The van der Waals surface area contributed by atoms with Crippen molar-refractivity contribution in [2.75, 3.05) is 7.11 Å². The molecule has 3 atom stereocenters. The van der Waals surface area contributed by atoms with Crippen LogP contribution in [0.1, 0.15) is 34.0 Å². The lowest BCUT2D eigenvalue weighted by atomic mass is 9.86. The molecule has 0 aliphatic rings. The quantitative estimate of drug-likeness (QED) is 0.586. The Hall–Kier alpha value is -1.07. The second-order valence-electron chi connectivity index (χ2n) is 5.32. The van der Waals surface area contributed by atoms with Crippen LogP contribution >= 0.6 is 18.5 Å². The Morgan fingerprint density at radius 2 is 1.68 bits per heavy atom. The molecule has 0 N–H and O–H groups in total. The lowest BCUT2D eigenvalue weighted by Crippen LogP contribution is -2.34. The number of methoxy groups -OCH3 is 1. The summed E-state index contributed by atoms with van der Waals surface area (Å²) in [6, 6.07) is 15.5. The van der Waals surface area contributed by atoms with Crippen molar-refractivity contribution in [2.45, 2.75) is 24.8 Å². The van der Waals surface area contributed by atoms with Gasteiger partial charge in [0.15, 0.2) is 11.4 Å². The van der Waals surface area contributed by atoms with Gasteiger partial charge in [-0.15, -0.1) is 18.5 Å². The van der Waals surface area contributed by atoms with Crippen LogP contribution in [0.25, 0.3) is 0 Å². The van der Waals surface area contributed by atoms with E-state index in [-0.39, 0.29) is 5.78 Å². The second-order valence-corrected chi connectivity index (χ2v) is 6.14. The van der Waals surface area contributed by atoms with Crippen LogP contribution < -0.4 is 0 Å². The number of carbonyl (C=O) groups is 1. The highest BCUT2D eigenvalue weighted by Crippen LogP contribution is 2.30. The molecule has 2 rings (SSSR count). The SMILES string of the molecule is COC(C)(C(=O)c1ccc(CP)c(CP)c1)c1ccccc1. The molecule has 0 heterocycles. The molecule has 0 saturated heterocycles. The van der Waals surface area contributed by atoms with E-state index < -0.39 is 5.60 Å². The van der Waals surface area contributed by atoms with Gasteiger partial charge < -0.3 is 4.74 Å². The van der Waals surface area contributed by atoms with Crippen molar-refractivity contribution in [2.24, 2.45) is 0 Å². The Morgan fingerprint density at radius 1 is 1.05 bits per heavy atom. The van der Waals surface area contributed by atoms with Crippen LogP contribution in [0, 0.1) is 0 Å². The maximum Gasteiger partial charge on any atom is 0.198 e. The van der Waals surface area contributed by atoms with Crippen LogP contribution in [0.15, 0.2) is 48.5 Å². The first-order valence-corrected chi connectivity index (χ1v) is 8.87. The molecule has 0 bridgehead atoms. The van der Waals surface area contributed by atoms with Gasteiger partial charge in [-0.25, -0.2) is 0 Å². The Balaban J connectivity index is 2.45. The van der Waals surface area contributed by atoms with E-state index in [0.717, 1.165) is 17.9 Å². The summed E-state index contributed by atoms with van der Waals surface area (Å²) in [6.07, 6.45) is 1.72. The summed E-state index contributed by atoms with van der Waals surface area (Å²) in [7, 11) is 7.04. The van der Waals surface area contributed by atoms with E-state index in [1.54, 1.807) is 7.11 Å². The second kappa shape index (κ2) is 7.47. The number of Topliss-reactive ketones (excluding diaryl/α,β-unsaturated/α-hetero) is 1. The number of ketones is 1. The largest absolute Gasteiger partial charge is 0.366 e. The third-order valence-corrected chi connectivity index (χ3v) is 4.95. The van der Waals surface area contributed by atoms with Gasteiger partial charge in [0.05, 0.1) is 0 Å². The maximum absolute atomic E-state index is 13.0. The molecule has 0 fully saturated rings. The third-order valence-electron chi connectivity index (χ3n) is 4.07. The predicted octanol–water partition coefficient (Wildman–Crippen LogP) is 4.18. The van der Waals surface area contributed by atoms with Gasteiger partial charge >= 0.3 is 0 Å². The number of benzene rings is 2. The fourth-order valence-electron chi connectivity index (χ4n) is 2.53. The molecule has 2 aromatic rings. The fourth-order valence-corrected chi connectivity index (χ4v) is 3.31. The van der Waals surface area contributed by atoms with Crippen LogP contribution in [-0.4, -0.2) is 12.9 Å². The first-order valence-electron chi connectivity index (χ1n) is 7.24. The number of carbonyl (C=O) groups excluding carboxylic acids is 1. The molecule has 22 heavy (non-hydrogen) atoms. The van der Waals surface area contributed by atoms with Crippen LogP contribution in [0.3, 0.4) is 0 Å². The fraction of sp³-hybridized carbons (Fsp3) is 0.278. The summed E-state index contributed by atoms with van der Waals surface area (Å²) in [4.78, 5) is 13.0. The molecule has 116 valence electrons. The van der Waals surface area contributed by atoms with E-state index in [0.29, 0.717) is 5.56 Å². The summed E-state index contributed by atoms with van der Waals surface area (Å²) in [6.45, 7) is 1.83. The van der Waals surface area contributed by atoms with Crippen molar-refractivity contribution < 1.29 is 9.53 Å². The van der Waals surface area contributed by atoms with Gasteiger partial charge in [-0.1, -0.05) is 42.5 Å². The minimum absolute atomic E-state index is 0.0174. The highest BCUT2D eigenvalue weighted by molar-refractivity contribution is 7.16. The lowest BCUT2D eigenvalue weighted by Gasteiger charge is -2.27. The van der Waals surface area contributed by atoms with Crippen molar-refractivity contribution in [1.82, 2.24) is 0 Å². The highest BCUT2D eigenvalue weighted by Gasteiger charge is 2.35. The van der Waals surface area contributed by atoms with Gasteiger partial charge in [0.25, 0.3) is 0 Å². The summed E-state index contributed by atoms with van der Waals surface area (Å²) >= 11 is 0. The number of hydrogen-bond acceptors (Lipinski definition) is 2. The normalized spacial score (nSPS) is 13.6. The van der Waals surface area contributed by atoms with Gasteiger partial charge in [0.2, 0.25) is 0 Å². The number of hydrogen-bond donors (Lipinski definition) is 0. The zero-order chi connectivity index (χ0) is 16.2. The van der Waals surface area contributed by atoms with Crippen molar-refractivity contribution in [3.8, 4) is 0 Å². The van der Waals surface area contributed by atoms with E-state index in [1.807, 2.05) is 55.5 Å². The molecule has 4 heteroatoms. The molecule has 0 aliphatic carbocycles. The van der Waals surface area contributed by atoms with Gasteiger partial charge in [-0.2, -0.15) is 0 Å². The van der Waals surface area contributed by atoms with Crippen molar-refractivity contribution in [3.05, 3.63) is 70.8 Å². The minimum Gasteiger partial charge on any atom is -0.366 e. The summed E-state index contributed by atoms with van der Waals surface area (Å²) < 4.78 is 5.61. The zero-order valence-electron chi connectivity index (χ0n) is 13.0. The Bertz CT molecular complexity index is 655. The molecule has 2 aromatic carbocycles. The summed E-state index contributed by atoms with van der Waals surface area (Å²) in [5.41, 5.74) is 3.01. The van der Waals surface area contributed by atoms with Gasteiger partial charge in [0, 0.05) is 12.7 Å². The van der Waals surface area contributed by atoms with E-state index in [4.69, 9.17) is 4.74 Å². The Labute approximate surface area is 137 Å². The first-order chi connectivity index (χ1) is 10.6. The van der Waals surface area contributed by atoms with E-state index >= 15 is 0 Å². The minimum atomic E-state index is -0.970. The maximum atomic E-state index is 13.0. The van der Waals surface area contributed by atoms with E-state index in [1.165, 1.54) is 11.1 Å². The molecule has 2 nitrogen and oxygen atoms in total. The predicted molar refractivity (Wildman–Crippen MR) is 98.4 cm³/mol. The zero-order valence-corrected chi connectivity index (χ0v) is 15.3. The average Bonchev–Trinajstić information content (AvgIpc) is 2.60. The van der Waals surface area contributed by atoms with Crippen molar-refractivity contribution >= 4 is 24.3 Å². The molecular formula is C18H22O2P2. The topological polar surface area (TPSA) is 26.3 Å². The van der Waals surface area contributed by atoms with Gasteiger partial charge in [-0.3, -0.25) is 4.79 Å². The summed E-state index contributed by atoms with van der Waals surface area (Å²) in [5.74, 6) is -0.0174. The lowest BCUT2D eigenvalue weighted by molar-refractivity contribution is 0.0101. The van der Waals surface area contributed by atoms with Crippen molar-refractivity contribution in [3.63, 3.8) is 0 Å². The van der Waals surface area contributed by atoms with Crippen LogP contribution in [0.5, 0.6) is 0 Å². The van der Waals surface area contributed by atoms with Crippen LogP contribution in [-0.2, 0) is 22.7 Å². The molecule has 0 aromatic heterocycles. The van der Waals surface area contributed by atoms with E-state index in [9.17, 15) is 4.79 Å². The number of rotatable bonds is 6. The Kier molecular flexibility index (Phi) is 5.87. The van der Waals surface area contributed by atoms with Gasteiger partial charge in [-0.05, 0) is 42.0 Å². The molecular weight excluding hydrogens is 310 g/mol. The first kappa shape index (κ1) is 17.3. The molecule has 0 radical (unpaired) electrons. The standard InChI is InChI=1S/C18H22O2P2/c1-18(20-2,16-6-4-3-5-7-16)17(19)13-8-9-14(11-21)15(10-13)12-22/h3-10H,11-12,21-22H2,1-2H3. The monoisotopic (exact) mass is 332 g/mol. The molecule has 0 spiro atoms. The molecule has 0 saturated carbocycles. The van der Waals surface area contributed by atoms with Crippen LogP contribution in [0.4, 0.5) is 0 Å². The highest BCUT2D eigenvalue weighted by atomic mass is 31.0. The average molecular weight is 332 g/mol. The number of ether oxygens (including phenoxy) is 1. The molecule has 0 aliphatic heterocycles. The smallest absolute Gasteiger partial charge is 0.198 e. The third kappa shape index (κ3) is 3.30. The molecule has 3 unspecified atom stereocenters. The Morgan fingerprint density at radius 3 is 2.23 bits per heavy atom. The van der Waals surface area contributed by atoms with Crippen LogP contribution in [0.2, 0.25) is 0 Å². The summed E-state index contributed by atoms with van der Waals surface area (Å²) in [5, 5.41) is 0.